The lowest BCUT2D eigenvalue weighted by atomic mass is 9.89. The Hall–Kier alpha value is -2.14. The number of carbonyl (C=O) groups is 1. The second kappa shape index (κ2) is 8.49. The van der Waals surface area contributed by atoms with Crippen LogP contribution in [0.4, 0.5) is 0 Å². The minimum absolute atomic E-state index is 0.0515. The highest BCUT2D eigenvalue weighted by atomic mass is 16.2. The molecule has 1 N–H and O–H groups in total. The van der Waals surface area contributed by atoms with Gasteiger partial charge in [-0.3, -0.25) is 9.69 Å². The van der Waals surface area contributed by atoms with Gasteiger partial charge in [-0.05, 0) is 43.3 Å². The molecule has 26 heavy (non-hydrogen) atoms. The maximum Gasteiger partial charge on any atom is 0.234 e. The van der Waals surface area contributed by atoms with Gasteiger partial charge in [-0.1, -0.05) is 44.2 Å². The topological polar surface area (TPSA) is 50.2 Å². The zero-order valence-corrected chi connectivity index (χ0v) is 16.1. The number of piperidine rings is 1. The van der Waals surface area contributed by atoms with Crippen LogP contribution in [0.5, 0.6) is 0 Å². The first kappa shape index (κ1) is 18.6. The van der Waals surface area contributed by atoms with E-state index in [4.69, 9.17) is 0 Å². The normalized spacial score (nSPS) is 17.4. The lowest BCUT2D eigenvalue weighted by molar-refractivity contribution is -0.123. The van der Waals surface area contributed by atoms with Crippen LogP contribution in [0.1, 0.15) is 50.0 Å². The van der Waals surface area contributed by atoms with Gasteiger partial charge in [0.25, 0.3) is 0 Å². The number of carbonyl (C=O) groups excluding carboxylic acids is 1. The summed E-state index contributed by atoms with van der Waals surface area (Å²) in [6.45, 7) is 6.65. The van der Waals surface area contributed by atoms with Crippen LogP contribution in [-0.4, -0.2) is 40.0 Å². The molecule has 0 bridgehead atoms. The molecule has 1 amide bonds. The van der Waals surface area contributed by atoms with E-state index in [2.05, 4.69) is 59.4 Å². The third-order valence-electron chi connectivity index (χ3n) is 5.35. The molecule has 0 spiro atoms. The Bertz CT molecular complexity index is 702. The minimum atomic E-state index is -0.0515. The van der Waals surface area contributed by atoms with Crippen molar-refractivity contribution in [2.45, 2.75) is 38.6 Å². The number of imidazole rings is 1. The first-order valence-corrected chi connectivity index (χ1v) is 9.58. The van der Waals surface area contributed by atoms with Crippen molar-refractivity contribution in [2.24, 2.45) is 13.0 Å². The highest BCUT2D eigenvalue weighted by Gasteiger charge is 2.25. The van der Waals surface area contributed by atoms with E-state index in [-0.39, 0.29) is 11.9 Å². The van der Waals surface area contributed by atoms with Gasteiger partial charge >= 0.3 is 0 Å². The molecule has 1 atom stereocenters. The van der Waals surface area contributed by atoms with Gasteiger partial charge in [-0.15, -0.1) is 0 Å². The standard InChI is InChI=1S/C21H30N4O/c1-16(2)20(21-22-11-14-24(21)3)23-19(26)15-25-12-9-18(10-13-25)17-7-5-4-6-8-17/h4-8,11,14,16,18,20H,9-10,12-13,15H2,1-3H3,(H,23,26)/t20-/m0/s1. The average molecular weight is 354 g/mol. The Morgan fingerprint density at radius 2 is 1.92 bits per heavy atom. The summed E-state index contributed by atoms with van der Waals surface area (Å²) in [5.41, 5.74) is 1.42. The van der Waals surface area contributed by atoms with Gasteiger partial charge in [-0.25, -0.2) is 4.98 Å². The van der Waals surface area contributed by atoms with E-state index in [0.717, 1.165) is 31.8 Å². The largest absolute Gasteiger partial charge is 0.345 e. The molecule has 1 aromatic carbocycles. The van der Waals surface area contributed by atoms with Crippen molar-refractivity contribution in [3.63, 3.8) is 0 Å². The molecule has 2 aromatic rings. The lowest BCUT2D eigenvalue weighted by Crippen LogP contribution is -2.43. The van der Waals surface area contributed by atoms with E-state index in [1.54, 1.807) is 6.20 Å². The average Bonchev–Trinajstić information content (AvgIpc) is 3.06. The van der Waals surface area contributed by atoms with E-state index in [1.165, 1.54) is 5.56 Å². The van der Waals surface area contributed by atoms with E-state index < -0.39 is 0 Å². The summed E-state index contributed by atoms with van der Waals surface area (Å²) in [4.78, 5) is 19.3. The van der Waals surface area contributed by atoms with Gasteiger partial charge in [0.1, 0.15) is 5.82 Å². The maximum absolute atomic E-state index is 12.6. The number of aryl methyl sites for hydroxylation is 1. The fourth-order valence-electron chi connectivity index (χ4n) is 3.78. The molecule has 0 saturated carbocycles. The summed E-state index contributed by atoms with van der Waals surface area (Å²) in [5, 5.41) is 3.19. The molecule has 5 nitrogen and oxygen atoms in total. The van der Waals surface area contributed by atoms with Crippen molar-refractivity contribution in [3.8, 4) is 0 Å². The van der Waals surface area contributed by atoms with Gasteiger partial charge in [0.2, 0.25) is 5.91 Å². The zero-order chi connectivity index (χ0) is 18.5. The number of rotatable bonds is 6. The van der Waals surface area contributed by atoms with E-state index >= 15 is 0 Å². The van der Waals surface area contributed by atoms with Gasteiger partial charge in [-0.2, -0.15) is 0 Å². The Labute approximate surface area is 156 Å². The fraction of sp³-hybridized carbons (Fsp3) is 0.524. The summed E-state index contributed by atoms with van der Waals surface area (Å²) in [6.07, 6.45) is 5.94. The van der Waals surface area contributed by atoms with Crippen LogP contribution in [0.2, 0.25) is 0 Å². The summed E-state index contributed by atoms with van der Waals surface area (Å²) < 4.78 is 1.98. The lowest BCUT2D eigenvalue weighted by Gasteiger charge is -2.32. The second-order valence-corrected chi connectivity index (χ2v) is 7.65. The van der Waals surface area contributed by atoms with Crippen LogP contribution >= 0.6 is 0 Å². The number of benzene rings is 1. The van der Waals surface area contributed by atoms with Gasteiger partial charge in [0.05, 0.1) is 12.6 Å². The third-order valence-corrected chi connectivity index (χ3v) is 5.35. The fourth-order valence-corrected chi connectivity index (χ4v) is 3.78. The number of aromatic nitrogens is 2. The van der Waals surface area contributed by atoms with Crippen molar-refractivity contribution in [1.82, 2.24) is 19.8 Å². The van der Waals surface area contributed by atoms with Crippen LogP contribution in [0, 0.1) is 5.92 Å². The maximum atomic E-state index is 12.6. The number of likely N-dealkylation sites (tertiary alicyclic amines) is 1. The van der Waals surface area contributed by atoms with Crippen molar-refractivity contribution < 1.29 is 4.79 Å². The molecule has 1 fully saturated rings. The highest BCUT2D eigenvalue weighted by molar-refractivity contribution is 5.78. The molecule has 3 rings (SSSR count). The van der Waals surface area contributed by atoms with E-state index in [0.29, 0.717) is 18.4 Å². The van der Waals surface area contributed by atoms with Gasteiger partial charge in [0.15, 0.2) is 0 Å². The summed E-state index contributed by atoms with van der Waals surface area (Å²) in [5.74, 6) is 1.91. The molecule has 1 saturated heterocycles. The Balaban J connectivity index is 1.52. The minimum Gasteiger partial charge on any atom is -0.345 e. The third kappa shape index (κ3) is 4.52. The predicted octanol–water partition coefficient (Wildman–Crippen LogP) is 3.11. The van der Waals surface area contributed by atoms with Gasteiger partial charge < -0.3 is 9.88 Å². The van der Waals surface area contributed by atoms with E-state index in [1.807, 2.05) is 17.8 Å². The monoisotopic (exact) mass is 354 g/mol. The van der Waals surface area contributed by atoms with Crippen LogP contribution in [0.3, 0.4) is 0 Å². The molecule has 0 unspecified atom stereocenters. The molecule has 1 aliphatic heterocycles. The van der Waals surface area contributed by atoms with E-state index in [9.17, 15) is 4.79 Å². The SMILES string of the molecule is CC(C)[C@H](NC(=O)CN1CCC(c2ccccc2)CC1)c1nccn1C. The number of hydrogen-bond acceptors (Lipinski definition) is 3. The predicted molar refractivity (Wildman–Crippen MR) is 104 cm³/mol. The number of nitrogens with one attached hydrogen (secondary N) is 1. The highest BCUT2D eigenvalue weighted by Crippen LogP contribution is 2.27. The first-order valence-electron chi connectivity index (χ1n) is 9.58. The summed E-state index contributed by atoms with van der Waals surface area (Å²) in [7, 11) is 1.97. The molecule has 1 aromatic heterocycles. The number of amides is 1. The molecule has 2 heterocycles. The summed E-state index contributed by atoms with van der Waals surface area (Å²) >= 11 is 0. The quantitative estimate of drug-likeness (QED) is 0.867. The molecule has 5 heteroatoms. The molecular formula is C21H30N4O. The Morgan fingerprint density at radius 3 is 2.50 bits per heavy atom. The number of nitrogens with zero attached hydrogens (tertiary/aromatic N) is 3. The van der Waals surface area contributed by atoms with Crippen LogP contribution in [0.25, 0.3) is 0 Å². The zero-order valence-electron chi connectivity index (χ0n) is 16.1. The van der Waals surface area contributed by atoms with Gasteiger partial charge in [0, 0.05) is 19.4 Å². The molecule has 140 valence electrons. The van der Waals surface area contributed by atoms with Crippen LogP contribution in [-0.2, 0) is 11.8 Å². The van der Waals surface area contributed by atoms with Crippen molar-refractivity contribution in [3.05, 3.63) is 54.1 Å². The van der Waals surface area contributed by atoms with Crippen molar-refractivity contribution in [1.29, 1.82) is 0 Å². The Kier molecular flexibility index (Phi) is 6.09. The van der Waals surface area contributed by atoms with Crippen molar-refractivity contribution >= 4 is 5.91 Å². The second-order valence-electron chi connectivity index (χ2n) is 7.65. The van der Waals surface area contributed by atoms with Crippen LogP contribution in [0.15, 0.2) is 42.7 Å². The molecule has 0 aliphatic carbocycles. The first-order chi connectivity index (χ1) is 12.5. The molecule has 0 radical (unpaired) electrons. The molecule has 1 aliphatic rings. The molecular weight excluding hydrogens is 324 g/mol. The van der Waals surface area contributed by atoms with Crippen LogP contribution < -0.4 is 5.32 Å². The van der Waals surface area contributed by atoms with Crippen molar-refractivity contribution in [2.75, 3.05) is 19.6 Å². The smallest absolute Gasteiger partial charge is 0.234 e. The Morgan fingerprint density at radius 1 is 1.23 bits per heavy atom. The number of hydrogen-bond donors (Lipinski definition) is 1. The summed E-state index contributed by atoms with van der Waals surface area (Å²) in [6, 6.07) is 10.7.